The SMILES string of the molecule is COC(=O)C1=C(C)NC2=C(C(=O)C[C@H](c3cccs3)C2)[C@H]1c1ccc(OC)c(OC)c1OC. The summed E-state index contributed by atoms with van der Waals surface area (Å²) in [6.07, 6.45) is 1.06. The predicted molar refractivity (Wildman–Crippen MR) is 125 cm³/mol. The first-order valence-electron chi connectivity index (χ1n) is 10.6. The summed E-state index contributed by atoms with van der Waals surface area (Å²) in [5.41, 5.74) is 3.08. The van der Waals surface area contributed by atoms with Gasteiger partial charge in [0.1, 0.15) is 0 Å². The molecule has 2 heterocycles. The van der Waals surface area contributed by atoms with Crippen molar-refractivity contribution in [2.75, 3.05) is 28.4 Å². The fraction of sp³-hybridized carbons (Fsp3) is 0.360. The average molecular weight is 470 g/mol. The minimum Gasteiger partial charge on any atom is -0.493 e. The number of rotatable bonds is 6. The second-order valence-electron chi connectivity index (χ2n) is 7.95. The van der Waals surface area contributed by atoms with Crippen LogP contribution in [0.2, 0.25) is 0 Å². The number of hydrogen-bond donors (Lipinski definition) is 1. The Morgan fingerprint density at radius 1 is 1.03 bits per heavy atom. The highest BCUT2D eigenvalue weighted by Crippen LogP contribution is 2.51. The molecule has 0 unspecified atom stereocenters. The number of ketones is 1. The number of esters is 1. The van der Waals surface area contributed by atoms with Crippen molar-refractivity contribution in [2.45, 2.75) is 31.6 Å². The van der Waals surface area contributed by atoms with Gasteiger partial charge in [-0.25, -0.2) is 4.79 Å². The van der Waals surface area contributed by atoms with Crippen LogP contribution in [0, 0.1) is 0 Å². The van der Waals surface area contributed by atoms with Crippen LogP contribution in [-0.2, 0) is 14.3 Å². The van der Waals surface area contributed by atoms with Crippen LogP contribution < -0.4 is 19.5 Å². The van der Waals surface area contributed by atoms with E-state index in [0.29, 0.717) is 52.5 Å². The molecule has 0 bridgehead atoms. The van der Waals surface area contributed by atoms with Gasteiger partial charge in [0.05, 0.1) is 39.9 Å². The van der Waals surface area contributed by atoms with Gasteiger partial charge >= 0.3 is 5.97 Å². The molecule has 0 saturated heterocycles. The third-order valence-electron chi connectivity index (χ3n) is 6.22. The summed E-state index contributed by atoms with van der Waals surface area (Å²) in [7, 11) is 5.93. The van der Waals surface area contributed by atoms with Crippen molar-refractivity contribution < 1.29 is 28.5 Å². The Morgan fingerprint density at radius 3 is 2.39 bits per heavy atom. The number of dihydropyridines is 1. The van der Waals surface area contributed by atoms with Crippen molar-refractivity contribution in [2.24, 2.45) is 0 Å². The molecule has 1 N–H and O–H groups in total. The fourth-order valence-electron chi connectivity index (χ4n) is 4.81. The molecule has 1 aromatic heterocycles. The van der Waals surface area contributed by atoms with E-state index in [4.69, 9.17) is 18.9 Å². The second kappa shape index (κ2) is 9.31. The molecule has 4 rings (SSSR count). The number of benzene rings is 1. The normalized spacial score (nSPS) is 20.2. The van der Waals surface area contributed by atoms with Crippen LogP contribution in [0.1, 0.15) is 42.0 Å². The summed E-state index contributed by atoms with van der Waals surface area (Å²) in [6.45, 7) is 1.83. The van der Waals surface area contributed by atoms with Gasteiger partial charge in [0.15, 0.2) is 17.3 Å². The van der Waals surface area contributed by atoms with Crippen molar-refractivity contribution in [3.05, 3.63) is 62.6 Å². The minimum absolute atomic E-state index is 0.00195. The number of allylic oxidation sites excluding steroid dienone is 3. The second-order valence-corrected chi connectivity index (χ2v) is 8.93. The molecule has 2 aliphatic rings. The molecule has 1 aliphatic carbocycles. The summed E-state index contributed by atoms with van der Waals surface area (Å²) in [6, 6.07) is 7.63. The Hall–Kier alpha value is -3.26. The number of carbonyl (C=O) groups is 2. The van der Waals surface area contributed by atoms with Gasteiger partial charge in [-0.1, -0.05) is 12.1 Å². The average Bonchev–Trinajstić information content (AvgIpc) is 3.36. The molecule has 33 heavy (non-hydrogen) atoms. The quantitative estimate of drug-likeness (QED) is 0.631. The van der Waals surface area contributed by atoms with E-state index < -0.39 is 11.9 Å². The Balaban J connectivity index is 1.92. The highest BCUT2D eigenvalue weighted by atomic mass is 32.1. The van der Waals surface area contributed by atoms with E-state index >= 15 is 0 Å². The van der Waals surface area contributed by atoms with Gasteiger partial charge in [0.2, 0.25) is 5.75 Å². The molecule has 0 fully saturated rings. The van der Waals surface area contributed by atoms with E-state index in [1.807, 2.05) is 24.4 Å². The lowest BCUT2D eigenvalue weighted by Crippen LogP contribution is -2.36. The zero-order valence-corrected chi connectivity index (χ0v) is 20.1. The maximum atomic E-state index is 13.6. The van der Waals surface area contributed by atoms with E-state index in [1.54, 1.807) is 24.5 Å². The van der Waals surface area contributed by atoms with Gasteiger partial charge in [0.25, 0.3) is 0 Å². The van der Waals surface area contributed by atoms with Crippen LogP contribution in [0.25, 0.3) is 0 Å². The Labute approximate surface area is 197 Å². The lowest BCUT2D eigenvalue weighted by molar-refractivity contribution is -0.136. The monoisotopic (exact) mass is 469 g/mol. The largest absolute Gasteiger partial charge is 0.493 e. The van der Waals surface area contributed by atoms with Crippen molar-refractivity contribution in [1.82, 2.24) is 5.32 Å². The molecule has 1 aromatic carbocycles. The molecule has 7 nitrogen and oxygen atoms in total. The lowest BCUT2D eigenvalue weighted by Gasteiger charge is -2.36. The van der Waals surface area contributed by atoms with Crippen molar-refractivity contribution in [3.63, 3.8) is 0 Å². The third kappa shape index (κ3) is 3.88. The molecule has 0 radical (unpaired) electrons. The Kier molecular flexibility index (Phi) is 6.47. The van der Waals surface area contributed by atoms with Gasteiger partial charge in [0, 0.05) is 39.7 Å². The van der Waals surface area contributed by atoms with Gasteiger partial charge in [-0.15, -0.1) is 11.3 Å². The van der Waals surface area contributed by atoms with Crippen molar-refractivity contribution >= 4 is 23.1 Å². The smallest absolute Gasteiger partial charge is 0.336 e. The van der Waals surface area contributed by atoms with Crippen molar-refractivity contribution in [1.29, 1.82) is 0 Å². The predicted octanol–water partition coefficient (Wildman–Crippen LogP) is 4.31. The third-order valence-corrected chi connectivity index (χ3v) is 7.26. The number of hydrogen-bond acceptors (Lipinski definition) is 8. The molecule has 174 valence electrons. The minimum atomic E-state index is -0.653. The molecule has 0 spiro atoms. The number of thiophene rings is 1. The summed E-state index contributed by atoms with van der Waals surface area (Å²) in [4.78, 5) is 27.7. The van der Waals surface area contributed by atoms with E-state index in [0.717, 1.165) is 5.70 Å². The zero-order chi connectivity index (χ0) is 23.7. The van der Waals surface area contributed by atoms with Crippen LogP contribution in [0.5, 0.6) is 17.2 Å². The van der Waals surface area contributed by atoms with Crippen molar-refractivity contribution in [3.8, 4) is 17.2 Å². The summed E-state index contributed by atoms with van der Waals surface area (Å²) >= 11 is 1.65. The van der Waals surface area contributed by atoms with Crippen LogP contribution in [0.3, 0.4) is 0 Å². The molecule has 2 atom stereocenters. The van der Waals surface area contributed by atoms with Crippen LogP contribution in [0.15, 0.2) is 52.2 Å². The zero-order valence-electron chi connectivity index (χ0n) is 19.3. The van der Waals surface area contributed by atoms with Gasteiger partial charge in [-0.3, -0.25) is 4.79 Å². The van der Waals surface area contributed by atoms with E-state index in [2.05, 4.69) is 11.4 Å². The molecule has 0 amide bonds. The number of carbonyl (C=O) groups excluding carboxylic acids is 2. The lowest BCUT2D eigenvalue weighted by atomic mass is 9.72. The van der Waals surface area contributed by atoms with Gasteiger partial charge in [-0.05, 0) is 30.9 Å². The maximum absolute atomic E-state index is 13.6. The molecular weight excluding hydrogens is 442 g/mol. The first-order valence-corrected chi connectivity index (χ1v) is 11.5. The van der Waals surface area contributed by atoms with Crippen LogP contribution in [0.4, 0.5) is 0 Å². The summed E-state index contributed by atoms with van der Waals surface area (Å²) < 4.78 is 21.8. The van der Waals surface area contributed by atoms with Gasteiger partial charge in [-0.2, -0.15) is 0 Å². The molecule has 0 saturated carbocycles. The van der Waals surface area contributed by atoms with Crippen LogP contribution in [-0.4, -0.2) is 40.2 Å². The molecule has 2 aromatic rings. The van der Waals surface area contributed by atoms with Gasteiger partial charge < -0.3 is 24.3 Å². The maximum Gasteiger partial charge on any atom is 0.336 e. The molecule has 8 heteroatoms. The highest BCUT2D eigenvalue weighted by molar-refractivity contribution is 7.10. The molecular formula is C25H27NO6S. The first kappa shape index (κ1) is 22.9. The molecule has 1 aliphatic heterocycles. The Morgan fingerprint density at radius 2 is 1.79 bits per heavy atom. The summed E-state index contributed by atoms with van der Waals surface area (Å²) in [5.74, 6) is 0.260. The number of methoxy groups -OCH3 is 4. The number of nitrogens with one attached hydrogen (secondary N) is 1. The standard InChI is InChI=1S/C25H27NO6S/c1-13-20(25(28)32-5)21(15-8-9-18(29-2)24(31-4)23(15)30-3)22-16(26-13)11-14(12-17(22)27)19-7-6-10-33-19/h6-10,14,21,26H,11-12H2,1-5H3/t14-,21+/m1/s1. The highest BCUT2D eigenvalue weighted by Gasteiger charge is 2.43. The van der Waals surface area contributed by atoms with E-state index in [-0.39, 0.29) is 11.7 Å². The summed E-state index contributed by atoms with van der Waals surface area (Å²) in [5, 5.41) is 5.36. The topological polar surface area (TPSA) is 83.1 Å². The fourth-order valence-corrected chi connectivity index (χ4v) is 5.64. The number of ether oxygens (including phenoxy) is 4. The first-order chi connectivity index (χ1) is 15.9. The van der Waals surface area contributed by atoms with Crippen LogP contribution >= 0.6 is 11.3 Å². The number of Topliss-reactive ketones (excluding diaryl/α,β-unsaturated/α-hetero) is 1. The Bertz CT molecular complexity index is 1150. The van der Waals surface area contributed by atoms with E-state index in [9.17, 15) is 9.59 Å². The van der Waals surface area contributed by atoms with E-state index in [1.165, 1.54) is 26.2 Å².